The van der Waals surface area contributed by atoms with Crippen LogP contribution < -0.4 is 5.32 Å². The third-order valence-electron chi connectivity index (χ3n) is 3.67. The van der Waals surface area contributed by atoms with Gasteiger partial charge in [-0.25, -0.2) is 0 Å². The molecule has 0 bridgehead atoms. The van der Waals surface area contributed by atoms with Crippen LogP contribution in [0.4, 0.5) is 0 Å². The van der Waals surface area contributed by atoms with Gasteiger partial charge in [0.15, 0.2) is 0 Å². The van der Waals surface area contributed by atoms with Gasteiger partial charge >= 0.3 is 0 Å². The van der Waals surface area contributed by atoms with Crippen molar-refractivity contribution in [1.29, 1.82) is 0 Å². The molecule has 0 spiro atoms. The molecule has 1 fully saturated rings. The normalized spacial score (nSPS) is 23.8. The number of piperazine rings is 1. The molecule has 1 aromatic rings. The van der Waals surface area contributed by atoms with Crippen LogP contribution in [0.25, 0.3) is 0 Å². The first-order chi connectivity index (χ1) is 9.11. The van der Waals surface area contributed by atoms with Crippen LogP contribution in [0.1, 0.15) is 19.4 Å². The summed E-state index contributed by atoms with van der Waals surface area (Å²) < 4.78 is 0. The zero-order chi connectivity index (χ0) is 13.7. The Kier molecular flexibility index (Phi) is 5.03. The molecule has 0 saturated carbocycles. The predicted octanol–water partition coefficient (Wildman–Crippen LogP) is 3.03. The maximum atomic E-state index is 5.68. The number of hydrogen-bond donors (Lipinski definition) is 1. The molecule has 104 valence electrons. The molecule has 0 aromatic heterocycles. The third-order valence-corrected chi connectivity index (χ3v) is 3.85. The zero-order valence-electron chi connectivity index (χ0n) is 11.8. The molecule has 0 amide bonds. The number of nitrogens with zero attached hydrogens (tertiary/aromatic N) is 1. The molecule has 2 nitrogen and oxygen atoms in total. The van der Waals surface area contributed by atoms with E-state index in [0.29, 0.717) is 6.04 Å². The molecule has 1 unspecified atom stereocenters. The molecule has 1 atom stereocenters. The van der Waals surface area contributed by atoms with Crippen molar-refractivity contribution in [3.05, 3.63) is 47.5 Å². The minimum atomic E-state index is 0.174. The Balaban J connectivity index is 2.04. The lowest BCUT2D eigenvalue weighted by atomic mass is 9.95. The second-order valence-electron chi connectivity index (χ2n) is 5.90. The summed E-state index contributed by atoms with van der Waals surface area (Å²) in [6, 6.07) is 11.2. The van der Waals surface area contributed by atoms with E-state index in [2.05, 4.69) is 54.4 Å². The van der Waals surface area contributed by atoms with Crippen LogP contribution in [0, 0.1) is 0 Å². The fourth-order valence-electron chi connectivity index (χ4n) is 2.69. The van der Waals surface area contributed by atoms with Gasteiger partial charge in [-0.05, 0) is 25.8 Å². The summed E-state index contributed by atoms with van der Waals surface area (Å²) in [7, 11) is 0. The largest absolute Gasteiger partial charge is 0.309 e. The highest BCUT2D eigenvalue weighted by Gasteiger charge is 2.31. The van der Waals surface area contributed by atoms with Crippen molar-refractivity contribution in [2.45, 2.75) is 31.8 Å². The highest BCUT2D eigenvalue weighted by molar-refractivity contribution is 6.25. The quantitative estimate of drug-likeness (QED) is 0.911. The number of benzene rings is 1. The Morgan fingerprint density at radius 3 is 2.79 bits per heavy atom. The minimum absolute atomic E-state index is 0.174. The van der Waals surface area contributed by atoms with Crippen molar-refractivity contribution in [2.75, 3.05) is 19.6 Å². The van der Waals surface area contributed by atoms with Crippen LogP contribution >= 0.6 is 11.6 Å². The predicted molar refractivity (Wildman–Crippen MR) is 82.6 cm³/mol. The summed E-state index contributed by atoms with van der Waals surface area (Å²) in [6.07, 6.45) is 3.11. The Morgan fingerprint density at radius 1 is 1.37 bits per heavy atom. The monoisotopic (exact) mass is 278 g/mol. The van der Waals surface area contributed by atoms with Gasteiger partial charge in [-0.2, -0.15) is 0 Å². The van der Waals surface area contributed by atoms with E-state index in [1.54, 1.807) is 5.54 Å². The lowest BCUT2D eigenvalue weighted by molar-refractivity contribution is 0.107. The van der Waals surface area contributed by atoms with Gasteiger partial charge in [-0.3, -0.25) is 4.90 Å². The second kappa shape index (κ2) is 6.56. The zero-order valence-corrected chi connectivity index (χ0v) is 12.5. The molecule has 2 rings (SSSR count). The first-order valence-electron chi connectivity index (χ1n) is 6.89. The van der Waals surface area contributed by atoms with Gasteiger partial charge in [0, 0.05) is 36.8 Å². The highest BCUT2D eigenvalue weighted by atomic mass is 35.5. The van der Waals surface area contributed by atoms with Crippen molar-refractivity contribution in [1.82, 2.24) is 10.2 Å². The maximum absolute atomic E-state index is 5.68. The van der Waals surface area contributed by atoms with E-state index in [1.165, 1.54) is 5.56 Å². The van der Waals surface area contributed by atoms with Gasteiger partial charge in [0.05, 0.1) is 0 Å². The third kappa shape index (κ3) is 4.34. The number of hydrogen-bond acceptors (Lipinski definition) is 2. The number of halogens is 1. The molecular weight excluding hydrogens is 256 g/mol. The average molecular weight is 279 g/mol. The Bertz CT molecular complexity index is 414. The van der Waals surface area contributed by atoms with E-state index in [4.69, 9.17) is 11.6 Å². The van der Waals surface area contributed by atoms with E-state index < -0.39 is 0 Å². The fraction of sp³-hybridized carbons (Fsp3) is 0.500. The number of nitrogens with one attached hydrogen (secondary N) is 1. The summed E-state index contributed by atoms with van der Waals surface area (Å²) in [4.78, 5) is 2.52. The smallest absolute Gasteiger partial charge is 0.0265 e. The van der Waals surface area contributed by atoms with Crippen LogP contribution in [0.5, 0.6) is 0 Å². The molecule has 1 saturated heterocycles. The molecular formula is C16H23ClN2. The molecule has 19 heavy (non-hydrogen) atoms. The van der Waals surface area contributed by atoms with Crippen molar-refractivity contribution in [2.24, 2.45) is 0 Å². The van der Waals surface area contributed by atoms with Crippen molar-refractivity contribution < 1.29 is 0 Å². The highest BCUT2D eigenvalue weighted by Crippen LogP contribution is 2.18. The van der Waals surface area contributed by atoms with E-state index in [0.717, 1.165) is 26.1 Å². The van der Waals surface area contributed by atoms with Crippen LogP contribution in [0.2, 0.25) is 0 Å². The van der Waals surface area contributed by atoms with E-state index >= 15 is 0 Å². The summed E-state index contributed by atoms with van der Waals surface area (Å²) >= 11 is 5.68. The van der Waals surface area contributed by atoms with Crippen molar-refractivity contribution >= 4 is 11.6 Å². The summed E-state index contributed by atoms with van der Waals surface area (Å²) in [5.74, 6) is 0. The lowest BCUT2D eigenvalue weighted by Crippen LogP contribution is -2.62. The Morgan fingerprint density at radius 2 is 2.11 bits per heavy atom. The summed E-state index contributed by atoms with van der Waals surface area (Å²) in [5.41, 5.74) is 3.19. The van der Waals surface area contributed by atoms with Gasteiger partial charge in [0.2, 0.25) is 0 Å². The fourth-order valence-corrected chi connectivity index (χ4v) is 2.77. The second-order valence-corrected chi connectivity index (χ2v) is 6.15. The van der Waals surface area contributed by atoms with Crippen LogP contribution in [0.15, 0.2) is 41.9 Å². The molecule has 1 aliphatic heterocycles. The molecule has 0 radical (unpaired) electrons. The molecule has 1 heterocycles. The average Bonchev–Trinajstić information content (AvgIpc) is 2.40. The van der Waals surface area contributed by atoms with Crippen molar-refractivity contribution in [3.8, 4) is 0 Å². The van der Waals surface area contributed by atoms with Gasteiger partial charge in [0.1, 0.15) is 0 Å². The molecule has 1 N–H and O–H groups in total. The van der Waals surface area contributed by atoms with Crippen molar-refractivity contribution in [3.63, 3.8) is 0 Å². The van der Waals surface area contributed by atoms with E-state index in [9.17, 15) is 0 Å². The number of rotatable bonds is 4. The van der Waals surface area contributed by atoms with Gasteiger partial charge < -0.3 is 5.32 Å². The van der Waals surface area contributed by atoms with Gasteiger partial charge in [0.25, 0.3) is 0 Å². The van der Waals surface area contributed by atoms with E-state index in [1.807, 2.05) is 6.08 Å². The first-order valence-corrected chi connectivity index (χ1v) is 7.32. The molecule has 0 aliphatic carbocycles. The van der Waals surface area contributed by atoms with Crippen LogP contribution in [0.3, 0.4) is 0 Å². The maximum Gasteiger partial charge on any atom is 0.0265 e. The lowest BCUT2D eigenvalue weighted by Gasteiger charge is -2.44. The van der Waals surface area contributed by atoms with Gasteiger partial charge in [-0.15, -0.1) is 0 Å². The minimum Gasteiger partial charge on any atom is -0.309 e. The molecule has 1 aromatic carbocycles. The SMILES string of the molecule is CC1(C)CN(C/C=C/Cl)C(Cc2ccccc2)CN1. The van der Waals surface area contributed by atoms with E-state index in [-0.39, 0.29) is 5.54 Å². The molecule has 3 heteroatoms. The van der Waals surface area contributed by atoms with Crippen LogP contribution in [-0.2, 0) is 6.42 Å². The standard InChI is InChI=1S/C16H23ClN2/c1-16(2)13-19(10-6-9-17)15(12-18-16)11-14-7-4-3-5-8-14/h3-9,15,18H,10-13H2,1-2H3/b9-6+. The summed E-state index contributed by atoms with van der Waals surface area (Å²) in [5, 5.41) is 3.64. The van der Waals surface area contributed by atoms with Gasteiger partial charge in [-0.1, -0.05) is 48.0 Å². The molecule has 1 aliphatic rings. The Hall–Kier alpha value is -0.830. The summed E-state index contributed by atoms with van der Waals surface area (Å²) in [6.45, 7) is 7.50. The first kappa shape index (κ1) is 14.6. The van der Waals surface area contributed by atoms with Crippen LogP contribution in [-0.4, -0.2) is 36.1 Å². The Labute approximate surface area is 121 Å². The topological polar surface area (TPSA) is 15.3 Å².